The minimum atomic E-state index is -4.17. The second-order valence-corrected chi connectivity index (χ2v) is 5.09. The highest BCUT2D eigenvalue weighted by Crippen LogP contribution is 2.45. The summed E-state index contributed by atoms with van der Waals surface area (Å²) < 4.78 is 40.5. The molecule has 0 atom stereocenters. The van der Waals surface area contributed by atoms with Crippen LogP contribution in [-0.4, -0.2) is 50.2 Å². The number of rotatable bonds is 3. The molecule has 1 aliphatic heterocycles. The largest absolute Gasteiger partial charge is 0.465 e. The summed E-state index contributed by atoms with van der Waals surface area (Å²) in [5, 5.41) is 3.23. The van der Waals surface area contributed by atoms with Crippen LogP contribution in [0.15, 0.2) is 18.2 Å². The number of piperazine rings is 1. The smallest absolute Gasteiger partial charge is 0.417 e. The van der Waals surface area contributed by atoms with Gasteiger partial charge in [-0.3, -0.25) is 9.69 Å². The highest BCUT2D eigenvalue weighted by Gasteiger charge is 2.37. The Morgan fingerprint density at radius 2 is 2.00 bits per heavy atom. The maximum Gasteiger partial charge on any atom is 0.417 e. The van der Waals surface area contributed by atoms with Gasteiger partial charge in [0.15, 0.2) is 0 Å². The Bertz CT molecular complexity index is 526. The summed E-state index contributed by atoms with van der Waals surface area (Å²) in [7, 11) is 0. The molecule has 0 aromatic rings. The molecule has 1 heterocycles. The topological polar surface area (TPSA) is 41.6 Å². The summed E-state index contributed by atoms with van der Waals surface area (Å²) in [6.45, 7) is 6.58. The van der Waals surface area contributed by atoms with Crippen molar-refractivity contribution in [2.24, 2.45) is 0 Å². The molecule has 1 saturated heterocycles. The van der Waals surface area contributed by atoms with Crippen LogP contribution in [0.4, 0.5) is 13.2 Å². The maximum absolute atomic E-state index is 11.9. The summed E-state index contributed by atoms with van der Waals surface area (Å²) in [5.41, 5.74) is 0.599. The lowest BCUT2D eigenvalue weighted by molar-refractivity contribution is -0.144. The van der Waals surface area contributed by atoms with Gasteiger partial charge in [0.25, 0.3) is 0 Å². The van der Waals surface area contributed by atoms with Gasteiger partial charge in [0, 0.05) is 26.2 Å². The zero-order valence-corrected chi connectivity index (χ0v) is 12.4. The van der Waals surface area contributed by atoms with Crippen LogP contribution >= 0.6 is 0 Å². The van der Waals surface area contributed by atoms with Crippen molar-refractivity contribution in [1.29, 1.82) is 0 Å². The number of carbonyl (C=O) groups excluding carboxylic acids is 1. The van der Waals surface area contributed by atoms with Crippen LogP contribution < -0.4 is 5.32 Å². The second kappa shape index (κ2) is 7.11. The quantitative estimate of drug-likeness (QED) is 0.881. The first-order valence-electron chi connectivity index (χ1n) is 7.22. The minimum absolute atomic E-state index is 0.112. The summed E-state index contributed by atoms with van der Waals surface area (Å²) in [4.78, 5) is 13.1. The molecule has 0 spiro atoms. The van der Waals surface area contributed by atoms with Gasteiger partial charge in [-0.25, -0.2) is 0 Å². The van der Waals surface area contributed by atoms with E-state index in [0.717, 1.165) is 37.8 Å². The molecule has 1 N–H and O–H groups in total. The molecule has 3 rings (SSSR count). The van der Waals surface area contributed by atoms with Crippen molar-refractivity contribution in [3.63, 3.8) is 0 Å². The SMILES string of the molecule is CCOC(=O)CN1CCNCC1.FC(F)(F)c1ccc2cc1-2. The van der Waals surface area contributed by atoms with Crippen LogP contribution in [-0.2, 0) is 15.7 Å². The van der Waals surface area contributed by atoms with Gasteiger partial charge in [0.1, 0.15) is 0 Å². The lowest BCUT2D eigenvalue weighted by Crippen LogP contribution is -2.45. The molecule has 0 bridgehead atoms. The molecule has 0 saturated carbocycles. The number of nitrogens with zero attached hydrogens (tertiary/aromatic N) is 1. The zero-order valence-electron chi connectivity index (χ0n) is 12.4. The molecule has 0 unspecified atom stereocenters. The minimum Gasteiger partial charge on any atom is -0.465 e. The number of carbonyl (C=O) groups is 1. The molecule has 0 radical (unpaired) electrons. The lowest BCUT2D eigenvalue weighted by atomic mass is 10.3. The van der Waals surface area contributed by atoms with Crippen molar-refractivity contribution in [1.82, 2.24) is 10.2 Å². The van der Waals surface area contributed by atoms with E-state index in [1.807, 2.05) is 6.92 Å². The number of benzene rings is 1. The molecule has 7 heteroatoms. The van der Waals surface area contributed by atoms with Crippen LogP contribution in [0, 0.1) is 0 Å². The third kappa shape index (κ3) is 4.71. The molecule has 0 aromatic heterocycles. The number of nitrogens with one attached hydrogen (secondary N) is 1. The van der Waals surface area contributed by atoms with Gasteiger partial charge in [-0.1, -0.05) is 6.07 Å². The molecule has 2 aliphatic carbocycles. The van der Waals surface area contributed by atoms with E-state index in [1.54, 1.807) is 0 Å². The first-order valence-corrected chi connectivity index (χ1v) is 7.22. The highest BCUT2D eigenvalue weighted by atomic mass is 19.4. The van der Waals surface area contributed by atoms with E-state index in [2.05, 4.69) is 10.2 Å². The van der Waals surface area contributed by atoms with E-state index in [0.29, 0.717) is 18.7 Å². The average molecular weight is 316 g/mol. The van der Waals surface area contributed by atoms with Gasteiger partial charge < -0.3 is 10.1 Å². The van der Waals surface area contributed by atoms with Crippen LogP contribution in [0.3, 0.4) is 0 Å². The van der Waals surface area contributed by atoms with Gasteiger partial charge in [-0.2, -0.15) is 13.2 Å². The van der Waals surface area contributed by atoms with E-state index in [1.165, 1.54) is 12.1 Å². The van der Waals surface area contributed by atoms with Gasteiger partial charge in [0.05, 0.1) is 18.7 Å². The molecular weight excluding hydrogens is 297 g/mol. The van der Waals surface area contributed by atoms with E-state index < -0.39 is 11.7 Å². The molecule has 0 amide bonds. The standard InChI is InChI=1S/C8H16N2O2.C7H3F3/c1-2-12-8(11)7-10-5-3-9-4-6-10;8-7(9,10)6-2-1-4-3-5(4)6/h9H,2-7H2,1H3;1-3H. The van der Waals surface area contributed by atoms with Crippen molar-refractivity contribution in [3.8, 4) is 11.1 Å². The van der Waals surface area contributed by atoms with Gasteiger partial charge in [-0.05, 0) is 30.2 Å². The van der Waals surface area contributed by atoms with E-state index in [9.17, 15) is 18.0 Å². The fourth-order valence-electron chi connectivity index (χ4n) is 2.26. The molecule has 0 aromatic carbocycles. The van der Waals surface area contributed by atoms with Gasteiger partial charge in [0.2, 0.25) is 0 Å². The molecular formula is C15H19F3N2O2. The number of alkyl halides is 3. The Balaban J connectivity index is 0.000000162. The van der Waals surface area contributed by atoms with Crippen LogP contribution in [0.25, 0.3) is 11.1 Å². The summed E-state index contributed by atoms with van der Waals surface area (Å²) >= 11 is 0. The Kier molecular flexibility index (Phi) is 5.42. The normalized spacial score (nSPS) is 16.5. The number of hydrogen-bond acceptors (Lipinski definition) is 4. The molecule has 4 nitrogen and oxygen atoms in total. The van der Waals surface area contributed by atoms with Crippen LogP contribution in [0.5, 0.6) is 0 Å². The summed E-state index contributed by atoms with van der Waals surface area (Å²) in [6.07, 6.45) is -4.17. The monoisotopic (exact) mass is 316 g/mol. The van der Waals surface area contributed by atoms with Gasteiger partial charge >= 0.3 is 12.1 Å². The Morgan fingerprint density at radius 3 is 2.41 bits per heavy atom. The molecule has 22 heavy (non-hydrogen) atoms. The summed E-state index contributed by atoms with van der Waals surface area (Å²) in [5.74, 6) is -0.112. The fraction of sp³-hybridized carbons (Fsp3) is 0.533. The number of esters is 1. The number of ether oxygens (including phenoxy) is 1. The van der Waals surface area contributed by atoms with Crippen LogP contribution in [0.1, 0.15) is 12.5 Å². The third-order valence-electron chi connectivity index (χ3n) is 3.42. The summed E-state index contributed by atoms with van der Waals surface area (Å²) in [6, 6.07) is 4.13. The van der Waals surface area contributed by atoms with Crippen molar-refractivity contribution in [2.75, 3.05) is 39.3 Å². The van der Waals surface area contributed by atoms with Crippen molar-refractivity contribution < 1.29 is 22.7 Å². The molecule has 122 valence electrons. The number of halogens is 3. The predicted octanol–water partition coefficient (Wildman–Crippen LogP) is 2.14. The van der Waals surface area contributed by atoms with Crippen molar-refractivity contribution in [3.05, 3.63) is 23.8 Å². The highest BCUT2D eigenvalue weighted by molar-refractivity contribution is 5.85. The predicted molar refractivity (Wildman–Crippen MR) is 76.4 cm³/mol. The van der Waals surface area contributed by atoms with E-state index in [-0.39, 0.29) is 5.97 Å². The first kappa shape index (κ1) is 16.8. The van der Waals surface area contributed by atoms with Crippen LogP contribution in [0.2, 0.25) is 0 Å². The number of hydrogen-bond donors (Lipinski definition) is 1. The molecule has 3 aliphatic rings. The lowest BCUT2D eigenvalue weighted by Gasteiger charge is -2.25. The van der Waals surface area contributed by atoms with E-state index >= 15 is 0 Å². The van der Waals surface area contributed by atoms with Gasteiger partial charge in [-0.15, -0.1) is 0 Å². The Labute approximate surface area is 127 Å². The number of fused-ring (bicyclic) bond motifs is 1. The van der Waals surface area contributed by atoms with Crippen molar-refractivity contribution in [2.45, 2.75) is 13.1 Å². The second-order valence-electron chi connectivity index (χ2n) is 5.09. The van der Waals surface area contributed by atoms with E-state index in [4.69, 9.17) is 4.74 Å². The zero-order chi connectivity index (χ0) is 16.2. The third-order valence-corrected chi connectivity index (χ3v) is 3.42. The Hall–Kier alpha value is -1.60. The fourth-order valence-corrected chi connectivity index (χ4v) is 2.26. The molecule has 1 fully saturated rings. The van der Waals surface area contributed by atoms with Crippen molar-refractivity contribution >= 4 is 5.97 Å². The first-order chi connectivity index (χ1) is 10.4. The average Bonchev–Trinajstić information content (AvgIpc) is 3.09. The Morgan fingerprint density at radius 1 is 1.32 bits per heavy atom. The maximum atomic E-state index is 11.9.